The molecular weight excluding hydrogens is 618 g/mol. The van der Waals surface area contributed by atoms with E-state index in [0.29, 0.717) is 24.0 Å². The van der Waals surface area contributed by atoms with Crippen LogP contribution in [-0.4, -0.2) is 93.1 Å². The number of amides is 2. The van der Waals surface area contributed by atoms with E-state index in [2.05, 4.69) is 47.4 Å². The molecule has 1 aliphatic carbocycles. The second-order valence-electron chi connectivity index (χ2n) is 12.3. The molecule has 2 amide bonds. The first-order valence-corrected chi connectivity index (χ1v) is 15.9. The van der Waals surface area contributed by atoms with Crippen LogP contribution >= 0.6 is 12.4 Å². The normalized spacial score (nSPS) is 19.1. The molecule has 47 heavy (non-hydrogen) atoms. The highest BCUT2D eigenvalue weighted by atomic mass is 35.5. The monoisotopic (exact) mass is 659 g/mol. The molecule has 0 radical (unpaired) electrons. The quantitative estimate of drug-likeness (QED) is 0.229. The minimum atomic E-state index is -0.899. The highest BCUT2D eigenvalue weighted by molar-refractivity contribution is 6.01. The maximum absolute atomic E-state index is 14.2. The largest absolute Gasteiger partial charge is 0.368 e. The van der Waals surface area contributed by atoms with Crippen molar-refractivity contribution in [3.8, 4) is 22.5 Å². The number of hydrogen-bond acceptors (Lipinski definition) is 10. The number of hydrogen-bond donors (Lipinski definition) is 3. The lowest BCUT2D eigenvalue weighted by Gasteiger charge is -2.35. The molecule has 5 N–H and O–H groups in total. The van der Waals surface area contributed by atoms with Crippen molar-refractivity contribution in [3.63, 3.8) is 0 Å². The molecule has 1 aliphatic heterocycles. The van der Waals surface area contributed by atoms with Crippen molar-refractivity contribution in [2.45, 2.75) is 38.1 Å². The number of anilines is 2. The van der Waals surface area contributed by atoms with Crippen LogP contribution in [0.5, 0.6) is 0 Å². The van der Waals surface area contributed by atoms with E-state index in [-0.39, 0.29) is 30.7 Å². The lowest BCUT2D eigenvalue weighted by Crippen LogP contribution is -2.52. The lowest BCUT2D eigenvalue weighted by atomic mass is 9.81. The number of rotatable bonds is 10. The Balaban J connectivity index is 0.00000433. The highest BCUT2D eigenvalue weighted by Crippen LogP contribution is 2.33. The Hall–Kier alpha value is -4.46. The average Bonchev–Trinajstić information content (AvgIpc) is 3.64. The van der Waals surface area contributed by atoms with E-state index < -0.39 is 11.9 Å². The summed E-state index contributed by atoms with van der Waals surface area (Å²) in [5.74, 6) is 0.761. The number of primary amides is 1. The van der Waals surface area contributed by atoms with Crippen molar-refractivity contribution in [2.75, 3.05) is 49.6 Å². The maximum atomic E-state index is 14.2. The van der Waals surface area contributed by atoms with Crippen molar-refractivity contribution >= 4 is 35.9 Å². The summed E-state index contributed by atoms with van der Waals surface area (Å²) in [5, 5.41) is 14.0. The number of tetrazole rings is 1. The number of piperazine rings is 1. The third-order valence-electron chi connectivity index (χ3n) is 9.28. The Morgan fingerprint density at radius 2 is 1.66 bits per heavy atom. The number of aromatic nitrogens is 6. The third-order valence-corrected chi connectivity index (χ3v) is 9.28. The summed E-state index contributed by atoms with van der Waals surface area (Å²) >= 11 is 0. The predicted octanol–water partition coefficient (Wildman–Crippen LogP) is 2.69. The molecule has 3 heterocycles. The SMILES string of the molecule is CN1CCN(c2ncc(-c3cccc(C[C@@H](C(N)=O)N(c4ccc(-c5nnn[nH]5)cc4)C(=O)[C@H]4CC[C@H](CN)CC4)c3)cn2)CC1.Cl. The zero-order valence-corrected chi connectivity index (χ0v) is 27.4. The van der Waals surface area contributed by atoms with Gasteiger partial charge in [-0.25, -0.2) is 15.1 Å². The summed E-state index contributed by atoms with van der Waals surface area (Å²) in [4.78, 5) is 42.8. The first-order valence-electron chi connectivity index (χ1n) is 15.9. The summed E-state index contributed by atoms with van der Waals surface area (Å²) in [6.07, 6.45) is 7.15. The summed E-state index contributed by atoms with van der Waals surface area (Å²) in [6, 6.07) is 14.3. The van der Waals surface area contributed by atoms with Gasteiger partial charge in [0.25, 0.3) is 0 Å². The van der Waals surface area contributed by atoms with Crippen LogP contribution in [0.3, 0.4) is 0 Å². The third kappa shape index (κ3) is 7.92. The van der Waals surface area contributed by atoms with Crippen LogP contribution in [0.4, 0.5) is 11.6 Å². The molecule has 2 fully saturated rings. The van der Waals surface area contributed by atoms with Gasteiger partial charge in [-0.2, -0.15) is 0 Å². The molecule has 0 spiro atoms. The molecule has 6 rings (SSSR count). The summed E-state index contributed by atoms with van der Waals surface area (Å²) < 4.78 is 0. The fourth-order valence-electron chi connectivity index (χ4n) is 6.42. The number of benzene rings is 2. The fraction of sp³-hybridized carbons (Fsp3) is 0.424. The standard InChI is InChI=1S/C33H41N11O2.ClH/c1-42-13-15-43(16-14-42)33-36-20-27(21-37-33)26-4-2-3-23(17-26)18-29(30(35)45)44(32(46)25-7-5-22(19-34)6-8-25)28-11-9-24(10-12-28)31-38-40-41-39-31;/h2-4,9-12,17,20-22,25,29H,5-8,13-16,18-19,34H2,1H3,(H2,35,45)(H,38,39,40,41);1H/t22-,25-,29-;/m0./s1. The number of halogens is 1. The van der Waals surface area contributed by atoms with Crippen LogP contribution in [-0.2, 0) is 16.0 Å². The van der Waals surface area contributed by atoms with Crippen molar-refractivity contribution < 1.29 is 9.59 Å². The Morgan fingerprint density at radius 3 is 2.28 bits per heavy atom. The minimum absolute atomic E-state index is 0. The topological polar surface area (TPSA) is 176 Å². The van der Waals surface area contributed by atoms with Crippen LogP contribution in [0.2, 0.25) is 0 Å². The van der Waals surface area contributed by atoms with Crippen LogP contribution in [0.1, 0.15) is 31.2 Å². The van der Waals surface area contributed by atoms with Gasteiger partial charge < -0.3 is 21.3 Å². The number of likely N-dealkylation sites (N-methyl/N-ethyl adjacent to an activating group) is 1. The average molecular weight is 660 g/mol. The van der Waals surface area contributed by atoms with Gasteiger partial charge in [-0.3, -0.25) is 14.5 Å². The molecule has 1 atom stereocenters. The van der Waals surface area contributed by atoms with Crippen LogP contribution in [0, 0.1) is 11.8 Å². The summed E-state index contributed by atoms with van der Waals surface area (Å²) in [5.41, 5.74) is 16.0. The van der Waals surface area contributed by atoms with E-state index >= 15 is 0 Å². The number of nitrogens with one attached hydrogen (secondary N) is 1. The van der Waals surface area contributed by atoms with Crippen LogP contribution in [0.15, 0.2) is 60.9 Å². The second-order valence-corrected chi connectivity index (χ2v) is 12.3. The van der Waals surface area contributed by atoms with Crippen LogP contribution in [0.25, 0.3) is 22.5 Å². The molecule has 1 saturated heterocycles. The van der Waals surface area contributed by atoms with Gasteiger partial charge in [-0.1, -0.05) is 24.3 Å². The first-order chi connectivity index (χ1) is 22.4. The van der Waals surface area contributed by atoms with E-state index in [0.717, 1.165) is 80.1 Å². The highest BCUT2D eigenvalue weighted by Gasteiger charge is 2.36. The molecule has 13 nitrogen and oxygen atoms in total. The molecule has 2 aromatic heterocycles. The summed E-state index contributed by atoms with van der Waals surface area (Å²) in [6.45, 7) is 4.36. The van der Waals surface area contributed by atoms with Crippen molar-refractivity contribution in [1.82, 2.24) is 35.5 Å². The van der Waals surface area contributed by atoms with Gasteiger partial charge in [-0.05, 0) is 91.0 Å². The number of H-pyrrole nitrogens is 1. The second kappa shape index (κ2) is 15.4. The number of carbonyl (C=O) groups excluding carboxylic acids is 2. The van der Waals surface area contributed by atoms with Crippen molar-refractivity contribution in [2.24, 2.45) is 23.3 Å². The summed E-state index contributed by atoms with van der Waals surface area (Å²) in [7, 11) is 2.12. The molecule has 0 unspecified atom stereocenters. The Bertz CT molecular complexity index is 1600. The van der Waals surface area contributed by atoms with E-state index in [4.69, 9.17) is 11.5 Å². The molecule has 2 aliphatic rings. The zero-order chi connectivity index (χ0) is 32.0. The molecule has 2 aromatic carbocycles. The Morgan fingerprint density at radius 1 is 0.957 bits per heavy atom. The van der Waals surface area contributed by atoms with Crippen molar-refractivity contribution in [3.05, 3.63) is 66.5 Å². The molecule has 14 heteroatoms. The fourth-order valence-corrected chi connectivity index (χ4v) is 6.42. The maximum Gasteiger partial charge on any atom is 0.240 e. The lowest BCUT2D eigenvalue weighted by molar-refractivity contribution is -0.127. The van der Waals surface area contributed by atoms with Crippen molar-refractivity contribution in [1.29, 1.82) is 0 Å². The minimum Gasteiger partial charge on any atom is -0.368 e. The predicted molar refractivity (Wildman–Crippen MR) is 183 cm³/mol. The Labute approximate surface area is 280 Å². The molecule has 4 aromatic rings. The van der Waals surface area contributed by atoms with E-state index in [9.17, 15) is 9.59 Å². The van der Waals surface area contributed by atoms with Gasteiger partial charge >= 0.3 is 0 Å². The molecule has 0 bridgehead atoms. The first kappa shape index (κ1) is 33.9. The number of carbonyl (C=O) groups is 2. The van der Waals surface area contributed by atoms with Gasteiger partial charge in [0.05, 0.1) is 0 Å². The Kier molecular flexibility index (Phi) is 11.1. The smallest absolute Gasteiger partial charge is 0.240 e. The van der Waals surface area contributed by atoms with E-state index in [1.165, 1.54) is 0 Å². The van der Waals surface area contributed by atoms with Crippen LogP contribution < -0.4 is 21.3 Å². The van der Waals surface area contributed by atoms with Gasteiger partial charge in [0.1, 0.15) is 6.04 Å². The van der Waals surface area contributed by atoms with E-state index in [1.54, 1.807) is 4.90 Å². The van der Waals surface area contributed by atoms with E-state index in [1.807, 2.05) is 60.9 Å². The van der Waals surface area contributed by atoms with Gasteiger partial charge in [0.2, 0.25) is 17.8 Å². The molecule has 1 saturated carbocycles. The number of aromatic amines is 1. The van der Waals surface area contributed by atoms with Gasteiger partial charge in [0.15, 0.2) is 5.82 Å². The number of nitrogens with zero attached hydrogens (tertiary/aromatic N) is 8. The molecule has 248 valence electrons. The van der Waals surface area contributed by atoms with Gasteiger partial charge in [0, 0.05) is 67.7 Å². The van der Waals surface area contributed by atoms with Gasteiger partial charge in [-0.15, -0.1) is 17.5 Å². The zero-order valence-electron chi connectivity index (χ0n) is 26.5. The molecular formula is C33H42ClN11O2. The number of nitrogens with two attached hydrogens (primary N) is 2.